The molecule has 0 bridgehead atoms. The van der Waals surface area contributed by atoms with Crippen LogP contribution in [-0.2, 0) is 4.74 Å². The van der Waals surface area contributed by atoms with Gasteiger partial charge in [0.25, 0.3) is 5.91 Å². The first-order valence-corrected chi connectivity index (χ1v) is 8.66. The Kier molecular flexibility index (Phi) is 5.94. The van der Waals surface area contributed by atoms with Gasteiger partial charge in [0, 0.05) is 16.9 Å². The Morgan fingerprint density at radius 3 is 2.00 bits per heavy atom. The van der Waals surface area contributed by atoms with Crippen molar-refractivity contribution in [3.8, 4) is 0 Å². The largest absolute Gasteiger partial charge is 0.465 e. The van der Waals surface area contributed by atoms with Crippen molar-refractivity contribution in [3.63, 3.8) is 0 Å². The minimum absolute atomic E-state index is 0.0447. The van der Waals surface area contributed by atoms with Gasteiger partial charge in [-0.05, 0) is 55.5 Å². The van der Waals surface area contributed by atoms with E-state index < -0.39 is 11.9 Å². The Balaban J connectivity index is 1.62. The Labute approximate surface area is 167 Å². The predicted octanol–water partition coefficient (Wildman–Crippen LogP) is 3.46. The number of nitrogens with zero attached hydrogens (tertiary/aromatic N) is 2. The number of benzene rings is 2. The van der Waals surface area contributed by atoms with Gasteiger partial charge in [0.1, 0.15) is 11.5 Å². The van der Waals surface area contributed by atoms with E-state index >= 15 is 0 Å². The van der Waals surface area contributed by atoms with Crippen LogP contribution < -0.4 is 10.6 Å². The van der Waals surface area contributed by atoms with Crippen molar-refractivity contribution >= 4 is 34.9 Å². The van der Waals surface area contributed by atoms with Crippen molar-refractivity contribution in [3.05, 3.63) is 77.7 Å². The molecule has 3 aromatic rings. The molecule has 0 spiro atoms. The number of aromatic nitrogens is 2. The highest BCUT2D eigenvalue weighted by molar-refractivity contribution is 6.03. The lowest BCUT2D eigenvalue weighted by Gasteiger charge is -2.08. The highest BCUT2D eigenvalue weighted by atomic mass is 16.5. The quantitative estimate of drug-likeness (QED) is 0.490. The third kappa shape index (κ3) is 5.01. The van der Waals surface area contributed by atoms with Crippen molar-refractivity contribution in [1.29, 1.82) is 0 Å². The first-order valence-electron chi connectivity index (χ1n) is 8.66. The molecule has 8 nitrogen and oxygen atoms in total. The molecule has 0 aliphatic carbocycles. The predicted molar refractivity (Wildman–Crippen MR) is 107 cm³/mol. The highest BCUT2D eigenvalue weighted by Crippen LogP contribution is 2.16. The molecule has 0 radical (unpaired) electrons. The second kappa shape index (κ2) is 8.75. The molecule has 0 atom stereocenters. The zero-order valence-corrected chi connectivity index (χ0v) is 15.8. The van der Waals surface area contributed by atoms with Gasteiger partial charge in [0.2, 0.25) is 0 Å². The fourth-order valence-electron chi connectivity index (χ4n) is 2.45. The molecule has 0 saturated heterocycles. The normalized spacial score (nSPS) is 10.1. The average Bonchev–Trinajstić information content (AvgIpc) is 2.74. The van der Waals surface area contributed by atoms with Gasteiger partial charge in [-0.2, -0.15) is 0 Å². The average molecular weight is 390 g/mol. The van der Waals surface area contributed by atoms with Crippen LogP contribution in [0.5, 0.6) is 0 Å². The summed E-state index contributed by atoms with van der Waals surface area (Å²) in [6.45, 7) is 1.48. The summed E-state index contributed by atoms with van der Waals surface area (Å²) in [5.74, 6) is -0.431. The summed E-state index contributed by atoms with van der Waals surface area (Å²) in [5.41, 5.74) is 2.40. The molecular formula is C21H18N4O4. The molecule has 0 unspecified atom stereocenters. The molecule has 0 fully saturated rings. The third-order valence-corrected chi connectivity index (χ3v) is 4.01. The molecular weight excluding hydrogens is 372 g/mol. The van der Waals surface area contributed by atoms with E-state index in [1.54, 1.807) is 48.5 Å². The van der Waals surface area contributed by atoms with E-state index in [2.05, 4.69) is 25.3 Å². The number of esters is 1. The van der Waals surface area contributed by atoms with E-state index in [1.165, 1.54) is 26.4 Å². The second-order valence-electron chi connectivity index (χ2n) is 6.07. The lowest BCUT2D eigenvalue weighted by Crippen LogP contribution is -2.14. The number of nitrogens with one attached hydrogen (secondary N) is 2. The van der Waals surface area contributed by atoms with Crippen LogP contribution in [0.4, 0.5) is 17.2 Å². The number of amides is 1. The number of rotatable bonds is 6. The van der Waals surface area contributed by atoms with Crippen LogP contribution in [0.15, 0.2) is 60.9 Å². The lowest BCUT2D eigenvalue weighted by atomic mass is 10.1. The second-order valence-corrected chi connectivity index (χ2v) is 6.07. The minimum Gasteiger partial charge on any atom is -0.465 e. The molecule has 0 aliphatic rings. The van der Waals surface area contributed by atoms with Gasteiger partial charge in [0.15, 0.2) is 5.78 Å². The van der Waals surface area contributed by atoms with Crippen molar-refractivity contribution in [1.82, 2.24) is 9.97 Å². The van der Waals surface area contributed by atoms with Crippen LogP contribution >= 0.6 is 0 Å². The van der Waals surface area contributed by atoms with Crippen molar-refractivity contribution in [2.75, 3.05) is 17.7 Å². The van der Waals surface area contributed by atoms with Crippen LogP contribution in [0, 0.1) is 0 Å². The molecule has 2 N–H and O–H groups in total. The van der Waals surface area contributed by atoms with Crippen molar-refractivity contribution < 1.29 is 19.1 Å². The van der Waals surface area contributed by atoms with Gasteiger partial charge in [-0.3, -0.25) is 9.59 Å². The number of carbonyl (C=O) groups is 3. The summed E-state index contributed by atoms with van der Waals surface area (Å²) in [4.78, 5) is 43.3. The molecule has 146 valence electrons. The molecule has 0 aliphatic heterocycles. The maximum absolute atomic E-state index is 12.3. The number of Topliss-reactive ketones (excluding diaryl/α,β-unsaturated/α-hetero) is 1. The summed E-state index contributed by atoms with van der Waals surface area (Å²) in [6.07, 6.45) is 2.78. The SMILES string of the molecule is COC(=O)c1ccc(Nc2cnc(C(=O)Nc3ccc(C(C)=O)cc3)cn2)cc1. The molecule has 29 heavy (non-hydrogen) atoms. The number of hydrogen-bond acceptors (Lipinski definition) is 7. The van der Waals surface area contributed by atoms with E-state index in [4.69, 9.17) is 0 Å². The molecule has 2 aromatic carbocycles. The maximum atomic E-state index is 12.3. The molecule has 1 amide bonds. The smallest absolute Gasteiger partial charge is 0.337 e. The van der Waals surface area contributed by atoms with E-state index in [1.807, 2.05) is 0 Å². The first kappa shape index (κ1) is 19.7. The minimum atomic E-state index is -0.415. The molecule has 1 heterocycles. The number of ether oxygens (including phenoxy) is 1. The molecule has 0 saturated carbocycles. The third-order valence-electron chi connectivity index (χ3n) is 4.01. The Bertz CT molecular complexity index is 1030. The molecule has 1 aromatic heterocycles. The van der Waals surface area contributed by atoms with Crippen LogP contribution in [0.3, 0.4) is 0 Å². The number of anilines is 3. The van der Waals surface area contributed by atoms with Gasteiger partial charge >= 0.3 is 5.97 Å². The van der Waals surface area contributed by atoms with E-state index in [0.29, 0.717) is 28.3 Å². The van der Waals surface area contributed by atoms with Crippen LogP contribution in [0.1, 0.15) is 38.1 Å². The van der Waals surface area contributed by atoms with Gasteiger partial charge in [-0.1, -0.05) is 0 Å². The summed E-state index contributed by atoms with van der Waals surface area (Å²) in [5, 5.41) is 5.73. The standard InChI is InChI=1S/C21H18N4O4/c1-13(26)14-3-7-17(8-4-14)25-20(27)18-11-23-19(12-22-18)24-16-9-5-15(6-10-16)21(28)29-2/h3-12H,1-2H3,(H,23,24)(H,25,27). The summed E-state index contributed by atoms with van der Waals surface area (Å²) < 4.78 is 4.65. The lowest BCUT2D eigenvalue weighted by molar-refractivity contribution is 0.0600. The summed E-state index contributed by atoms with van der Waals surface area (Å²) >= 11 is 0. The zero-order valence-electron chi connectivity index (χ0n) is 15.8. The summed E-state index contributed by atoms with van der Waals surface area (Å²) in [6, 6.07) is 13.2. The van der Waals surface area contributed by atoms with Crippen molar-refractivity contribution in [2.45, 2.75) is 6.92 Å². The first-order chi connectivity index (χ1) is 14.0. The van der Waals surface area contributed by atoms with Crippen molar-refractivity contribution in [2.24, 2.45) is 0 Å². The Hall–Kier alpha value is -4.07. The molecule has 8 heteroatoms. The van der Waals surface area contributed by atoms with E-state index in [9.17, 15) is 14.4 Å². The Morgan fingerprint density at radius 2 is 1.45 bits per heavy atom. The van der Waals surface area contributed by atoms with E-state index in [0.717, 1.165) is 0 Å². The van der Waals surface area contributed by atoms with Crippen LogP contribution in [0.2, 0.25) is 0 Å². The monoisotopic (exact) mass is 390 g/mol. The topological polar surface area (TPSA) is 110 Å². The van der Waals surface area contributed by atoms with Gasteiger partial charge in [-0.15, -0.1) is 0 Å². The fourth-order valence-corrected chi connectivity index (χ4v) is 2.45. The number of ketones is 1. The highest BCUT2D eigenvalue weighted by Gasteiger charge is 2.10. The van der Waals surface area contributed by atoms with Gasteiger partial charge in [-0.25, -0.2) is 14.8 Å². The number of hydrogen-bond donors (Lipinski definition) is 2. The van der Waals surface area contributed by atoms with Crippen LogP contribution in [-0.4, -0.2) is 34.7 Å². The number of carbonyl (C=O) groups excluding carboxylic acids is 3. The maximum Gasteiger partial charge on any atom is 0.337 e. The summed E-state index contributed by atoms with van der Waals surface area (Å²) in [7, 11) is 1.32. The van der Waals surface area contributed by atoms with Gasteiger partial charge < -0.3 is 15.4 Å². The molecule has 3 rings (SSSR count). The Morgan fingerprint density at radius 1 is 0.828 bits per heavy atom. The number of methoxy groups -OCH3 is 1. The van der Waals surface area contributed by atoms with E-state index in [-0.39, 0.29) is 11.5 Å². The zero-order chi connectivity index (χ0) is 20.8. The van der Waals surface area contributed by atoms with Crippen LogP contribution in [0.25, 0.3) is 0 Å². The fraction of sp³-hybridized carbons (Fsp3) is 0.0952. The van der Waals surface area contributed by atoms with Gasteiger partial charge in [0.05, 0.1) is 25.1 Å².